The second-order valence-electron chi connectivity index (χ2n) is 4.21. The minimum absolute atomic E-state index is 0.0458. The number of carboxylic acid groups (broad SMARTS) is 1. The van der Waals surface area contributed by atoms with E-state index in [9.17, 15) is 9.59 Å². The average molecular weight is 301 g/mol. The zero-order valence-corrected chi connectivity index (χ0v) is 11.1. The average Bonchev–Trinajstić information content (AvgIpc) is 2.26. The molecule has 1 rings (SSSR count). The number of amides is 1. The van der Waals surface area contributed by atoms with Gasteiger partial charge in [-0.3, -0.25) is 9.59 Å². The van der Waals surface area contributed by atoms with Gasteiger partial charge in [-0.2, -0.15) is 0 Å². The zero-order chi connectivity index (χ0) is 13.1. The van der Waals surface area contributed by atoms with Gasteiger partial charge in [0, 0.05) is 17.2 Å². The Bertz CT molecular complexity index is 446. The Labute approximate surface area is 107 Å². The summed E-state index contributed by atoms with van der Waals surface area (Å²) in [5.74, 6) is -1.36. The minimum atomic E-state index is -1.00. The van der Waals surface area contributed by atoms with Crippen molar-refractivity contribution >= 4 is 27.8 Å². The lowest BCUT2D eigenvalue weighted by molar-refractivity contribution is -0.146. The molecule has 0 unspecified atom stereocenters. The summed E-state index contributed by atoms with van der Waals surface area (Å²) in [7, 11) is 0. The Kier molecular flexibility index (Phi) is 4.22. The van der Waals surface area contributed by atoms with Crippen molar-refractivity contribution in [1.82, 2.24) is 10.3 Å². The van der Waals surface area contributed by atoms with Crippen LogP contribution in [0, 0.1) is 5.41 Å². The third-order valence-corrected chi connectivity index (χ3v) is 2.88. The van der Waals surface area contributed by atoms with Crippen molar-refractivity contribution in [3.8, 4) is 0 Å². The smallest absolute Gasteiger partial charge is 0.310 e. The first kappa shape index (κ1) is 13.6. The van der Waals surface area contributed by atoms with E-state index in [1.54, 1.807) is 26.0 Å². The molecule has 0 bridgehead atoms. The fourth-order valence-electron chi connectivity index (χ4n) is 1.01. The van der Waals surface area contributed by atoms with Crippen LogP contribution in [0.3, 0.4) is 0 Å². The number of carbonyl (C=O) groups is 2. The van der Waals surface area contributed by atoms with Crippen LogP contribution >= 0.6 is 15.9 Å². The maximum Gasteiger partial charge on any atom is 0.310 e. The van der Waals surface area contributed by atoms with E-state index in [0.29, 0.717) is 4.47 Å². The summed E-state index contributed by atoms with van der Waals surface area (Å²) in [5, 5.41) is 11.5. The van der Waals surface area contributed by atoms with Crippen LogP contribution in [-0.4, -0.2) is 28.5 Å². The monoisotopic (exact) mass is 300 g/mol. The third kappa shape index (κ3) is 3.52. The Morgan fingerprint density at radius 1 is 1.53 bits per heavy atom. The number of nitrogens with one attached hydrogen (secondary N) is 1. The van der Waals surface area contributed by atoms with Crippen molar-refractivity contribution in [1.29, 1.82) is 0 Å². The molecule has 1 heterocycles. The molecular weight excluding hydrogens is 288 g/mol. The van der Waals surface area contributed by atoms with Gasteiger partial charge in [0.25, 0.3) is 5.91 Å². The summed E-state index contributed by atoms with van der Waals surface area (Å²) < 4.78 is 0.575. The maximum atomic E-state index is 11.7. The molecule has 0 spiro atoms. The summed E-state index contributed by atoms with van der Waals surface area (Å²) in [4.78, 5) is 26.5. The van der Waals surface area contributed by atoms with Gasteiger partial charge in [0.1, 0.15) is 5.69 Å². The first-order valence-electron chi connectivity index (χ1n) is 4.97. The second kappa shape index (κ2) is 5.27. The van der Waals surface area contributed by atoms with Crippen molar-refractivity contribution < 1.29 is 14.7 Å². The van der Waals surface area contributed by atoms with Crippen LogP contribution in [0.5, 0.6) is 0 Å². The van der Waals surface area contributed by atoms with Crippen molar-refractivity contribution in [2.75, 3.05) is 6.54 Å². The van der Waals surface area contributed by atoms with Gasteiger partial charge in [-0.1, -0.05) is 0 Å². The molecule has 0 saturated carbocycles. The van der Waals surface area contributed by atoms with E-state index in [-0.39, 0.29) is 12.2 Å². The normalized spacial score (nSPS) is 11.0. The van der Waals surface area contributed by atoms with Gasteiger partial charge in [0.15, 0.2) is 0 Å². The highest BCUT2D eigenvalue weighted by atomic mass is 79.9. The third-order valence-electron chi connectivity index (χ3n) is 2.24. The van der Waals surface area contributed by atoms with Gasteiger partial charge in [-0.05, 0) is 41.9 Å². The molecular formula is C11H13BrN2O3. The highest BCUT2D eigenvalue weighted by Gasteiger charge is 2.28. The fraction of sp³-hybridized carbons (Fsp3) is 0.364. The van der Waals surface area contributed by atoms with Crippen LogP contribution in [0.2, 0.25) is 0 Å². The molecule has 2 N–H and O–H groups in total. The lowest BCUT2D eigenvalue weighted by atomic mass is 9.94. The number of rotatable bonds is 4. The van der Waals surface area contributed by atoms with E-state index in [4.69, 9.17) is 5.11 Å². The van der Waals surface area contributed by atoms with E-state index in [1.807, 2.05) is 0 Å². The highest BCUT2D eigenvalue weighted by Crippen LogP contribution is 2.15. The molecule has 0 atom stereocenters. The summed E-state index contributed by atoms with van der Waals surface area (Å²) in [6.45, 7) is 3.14. The lowest BCUT2D eigenvalue weighted by Gasteiger charge is -2.19. The van der Waals surface area contributed by atoms with Crippen molar-refractivity contribution in [3.63, 3.8) is 0 Å². The van der Waals surface area contributed by atoms with Crippen LogP contribution in [0.15, 0.2) is 22.8 Å². The number of carboxylic acids is 1. The molecule has 0 aromatic carbocycles. The van der Waals surface area contributed by atoms with Gasteiger partial charge in [0.2, 0.25) is 0 Å². The number of aromatic nitrogens is 1. The Balaban J connectivity index is 2.69. The van der Waals surface area contributed by atoms with Crippen LogP contribution < -0.4 is 5.32 Å². The Morgan fingerprint density at radius 3 is 2.71 bits per heavy atom. The molecule has 1 amide bonds. The van der Waals surface area contributed by atoms with Gasteiger partial charge < -0.3 is 10.4 Å². The number of hydrogen-bond acceptors (Lipinski definition) is 3. The summed E-state index contributed by atoms with van der Waals surface area (Å²) in [5.41, 5.74) is -0.759. The van der Waals surface area contributed by atoms with E-state index >= 15 is 0 Å². The number of nitrogens with zero attached hydrogens (tertiary/aromatic N) is 1. The molecule has 5 nitrogen and oxygen atoms in total. The predicted octanol–water partition coefficient (Wildman–Crippen LogP) is 1.68. The standard InChI is InChI=1S/C11H13BrN2O3/c1-11(2,10(16)17)6-14-9(15)8-7(12)4-3-5-13-8/h3-5H,6H2,1-2H3,(H,14,15)(H,16,17). The number of aliphatic carboxylic acids is 1. The summed E-state index contributed by atoms with van der Waals surface area (Å²) >= 11 is 3.21. The molecule has 1 aromatic rings. The van der Waals surface area contributed by atoms with Crippen LogP contribution in [0.4, 0.5) is 0 Å². The van der Waals surface area contributed by atoms with Crippen LogP contribution in [-0.2, 0) is 4.79 Å². The number of carbonyl (C=O) groups excluding carboxylic acids is 1. The maximum absolute atomic E-state index is 11.7. The zero-order valence-electron chi connectivity index (χ0n) is 9.53. The highest BCUT2D eigenvalue weighted by molar-refractivity contribution is 9.10. The first-order chi connectivity index (χ1) is 7.84. The molecule has 0 aliphatic heterocycles. The van der Waals surface area contributed by atoms with Crippen LogP contribution in [0.25, 0.3) is 0 Å². The fourth-order valence-corrected chi connectivity index (χ4v) is 1.45. The molecule has 0 saturated heterocycles. The first-order valence-corrected chi connectivity index (χ1v) is 5.76. The lowest BCUT2D eigenvalue weighted by Crippen LogP contribution is -2.39. The Morgan fingerprint density at radius 2 is 2.18 bits per heavy atom. The van der Waals surface area contributed by atoms with Crippen molar-refractivity contribution in [2.45, 2.75) is 13.8 Å². The quantitative estimate of drug-likeness (QED) is 0.887. The predicted molar refractivity (Wildman–Crippen MR) is 65.7 cm³/mol. The molecule has 0 aliphatic rings. The molecule has 0 aliphatic carbocycles. The van der Waals surface area contributed by atoms with Gasteiger partial charge in [-0.15, -0.1) is 0 Å². The Hall–Kier alpha value is -1.43. The van der Waals surface area contributed by atoms with Crippen LogP contribution in [0.1, 0.15) is 24.3 Å². The van der Waals surface area contributed by atoms with Gasteiger partial charge >= 0.3 is 5.97 Å². The summed E-state index contributed by atoms with van der Waals surface area (Å²) in [6.07, 6.45) is 1.50. The van der Waals surface area contributed by atoms with Crippen molar-refractivity contribution in [3.05, 3.63) is 28.5 Å². The van der Waals surface area contributed by atoms with E-state index in [1.165, 1.54) is 6.20 Å². The largest absolute Gasteiger partial charge is 0.481 e. The molecule has 6 heteroatoms. The minimum Gasteiger partial charge on any atom is -0.481 e. The van der Waals surface area contributed by atoms with E-state index in [2.05, 4.69) is 26.2 Å². The molecule has 0 radical (unpaired) electrons. The second-order valence-corrected chi connectivity index (χ2v) is 5.06. The van der Waals surface area contributed by atoms with E-state index < -0.39 is 17.3 Å². The van der Waals surface area contributed by atoms with Gasteiger partial charge in [-0.25, -0.2) is 4.98 Å². The number of halogens is 1. The van der Waals surface area contributed by atoms with Gasteiger partial charge in [0.05, 0.1) is 5.41 Å². The SMILES string of the molecule is CC(C)(CNC(=O)c1ncccc1Br)C(=O)O. The van der Waals surface area contributed by atoms with Crippen molar-refractivity contribution in [2.24, 2.45) is 5.41 Å². The topological polar surface area (TPSA) is 79.3 Å². The number of hydrogen-bond donors (Lipinski definition) is 2. The molecule has 1 aromatic heterocycles. The van der Waals surface area contributed by atoms with E-state index in [0.717, 1.165) is 0 Å². The summed E-state index contributed by atoms with van der Waals surface area (Å²) in [6, 6.07) is 3.40. The molecule has 0 fully saturated rings. The number of pyridine rings is 1. The molecule has 17 heavy (non-hydrogen) atoms. The molecule has 92 valence electrons.